The fraction of sp³-hybridized carbons (Fsp3) is 0.250. The maximum atomic E-state index is 2.27. The van der Waals surface area contributed by atoms with E-state index in [1.165, 1.54) is 26.3 Å². The SMILES string of the molecule is Cc1n(C)c2c3ccccc3sc2[n+]1C.[I-]. The first-order chi connectivity index (χ1) is 7.20. The molecular formula is C12H13IN2S. The molecule has 0 amide bonds. The Morgan fingerprint density at radius 2 is 1.94 bits per heavy atom. The van der Waals surface area contributed by atoms with Crippen LogP contribution in [0.5, 0.6) is 0 Å². The van der Waals surface area contributed by atoms with Gasteiger partial charge < -0.3 is 24.0 Å². The summed E-state index contributed by atoms with van der Waals surface area (Å²) in [4.78, 5) is 1.36. The summed E-state index contributed by atoms with van der Waals surface area (Å²) in [6, 6.07) is 8.60. The van der Waals surface area contributed by atoms with Crippen molar-refractivity contribution in [3.8, 4) is 0 Å². The Morgan fingerprint density at radius 3 is 2.69 bits per heavy atom. The molecule has 4 heteroatoms. The molecule has 2 nitrogen and oxygen atoms in total. The number of aryl methyl sites for hydroxylation is 2. The van der Waals surface area contributed by atoms with Crippen molar-refractivity contribution in [1.82, 2.24) is 4.57 Å². The van der Waals surface area contributed by atoms with E-state index in [0.717, 1.165) is 0 Å². The Bertz CT molecular complexity index is 666. The number of nitrogens with zero attached hydrogens (tertiary/aromatic N) is 2. The number of rotatable bonds is 0. The van der Waals surface area contributed by atoms with Crippen LogP contribution in [0, 0.1) is 6.92 Å². The summed E-state index contributed by atoms with van der Waals surface area (Å²) < 4.78 is 5.91. The lowest BCUT2D eigenvalue weighted by molar-refractivity contribution is -0.650. The third kappa shape index (κ3) is 1.39. The van der Waals surface area contributed by atoms with Gasteiger partial charge in [-0.15, -0.1) is 0 Å². The molecule has 0 fully saturated rings. The number of imidazole rings is 1. The highest BCUT2D eigenvalue weighted by atomic mass is 127. The van der Waals surface area contributed by atoms with Crippen molar-refractivity contribution in [3.05, 3.63) is 30.1 Å². The monoisotopic (exact) mass is 344 g/mol. The summed E-state index contributed by atoms with van der Waals surface area (Å²) in [6.07, 6.45) is 0. The molecule has 0 saturated heterocycles. The molecule has 0 atom stereocenters. The quantitative estimate of drug-likeness (QED) is 0.385. The molecular weight excluding hydrogens is 331 g/mol. The van der Waals surface area contributed by atoms with Gasteiger partial charge in [-0.25, -0.2) is 9.13 Å². The number of hydrogen-bond acceptors (Lipinski definition) is 1. The van der Waals surface area contributed by atoms with E-state index in [2.05, 4.69) is 54.4 Å². The fourth-order valence-electron chi connectivity index (χ4n) is 2.10. The van der Waals surface area contributed by atoms with Gasteiger partial charge in [0.15, 0.2) is 5.52 Å². The Kier molecular flexibility index (Phi) is 2.96. The van der Waals surface area contributed by atoms with E-state index >= 15 is 0 Å². The lowest BCUT2D eigenvalue weighted by Gasteiger charge is -1.91. The summed E-state index contributed by atoms with van der Waals surface area (Å²) in [6.45, 7) is 2.15. The molecule has 0 bridgehead atoms. The molecule has 3 aromatic rings. The van der Waals surface area contributed by atoms with Crippen LogP contribution in [0.4, 0.5) is 0 Å². The average Bonchev–Trinajstić information content (AvgIpc) is 2.72. The molecule has 0 unspecified atom stereocenters. The first kappa shape index (κ1) is 11.9. The average molecular weight is 344 g/mol. The second-order valence-electron chi connectivity index (χ2n) is 3.92. The van der Waals surface area contributed by atoms with E-state index in [9.17, 15) is 0 Å². The van der Waals surface area contributed by atoms with E-state index in [1.54, 1.807) is 0 Å². The predicted octanol–water partition coefficient (Wildman–Crippen LogP) is -0.470. The normalized spacial score (nSPS) is 10.9. The third-order valence-corrected chi connectivity index (χ3v) is 4.40. The van der Waals surface area contributed by atoms with Crippen molar-refractivity contribution in [2.45, 2.75) is 6.92 Å². The number of thiophene rings is 1. The molecule has 0 saturated carbocycles. The largest absolute Gasteiger partial charge is 1.00 e. The lowest BCUT2D eigenvalue weighted by atomic mass is 10.2. The lowest BCUT2D eigenvalue weighted by Crippen LogP contribution is -3.00. The summed E-state index contributed by atoms with van der Waals surface area (Å²) >= 11 is 1.87. The molecule has 2 aromatic heterocycles. The van der Waals surface area contributed by atoms with Crippen LogP contribution in [-0.4, -0.2) is 4.57 Å². The van der Waals surface area contributed by atoms with Gasteiger partial charge in [-0.05, 0) is 12.1 Å². The van der Waals surface area contributed by atoms with E-state index in [4.69, 9.17) is 0 Å². The van der Waals surface area contributed by atoms with Crippen LogP contribution >= 0.6 is 11.3 Å². The maximum absolute atomic E-state index is 2.27. The summed E-state index contributed by atoms with van der Waals surface area (Å²) in [5.41, 5.74) is 1.36. The molecule has 16 heavy (non-hydrogen) atoms. The molecule has 0 aliphatic heterocycles. The Labute approximate surface area is 116 Å². The molecule has 0 radical (unpaired) electrons. The van der Waals surface area contributed by atoms with Gasteiger partial charge in [0, 0.05) is 17.0 Å². The standard InChI is InChI=1S/C12H13N2S.HI/c1-8-13(2)11-9-6-4-5-7-10(9)15-12(11)14(8)3;/h4-7H,1-3H3;1H/q+1;/p-1. The van der Waals surface area contributed by atoms with Crippen LogP contribution in [0.15, 0.2) is 24.3 Å². The zero-order valence-corrected chi connectivity index (χ0v) is 12.5. The van der Waals surface area contributed by atoms with Gasteiger partial charge in [0.25, 0.3) is 5.82 Å². The molecule has 0 N–H and O–H groups in total. The second kappa shape index (κ2) is 4.00. The molecule has 0 spiro atoms. The van der Waals surface area contributed by atoms with Crippen molar-refractivity contribution in [3.63, 3.8) is 0 Å². The van der Waals surface area contributed by atoms with E-state index in [1.807, 2.05) is 11.3 Å². The fourth-order valence-corrected chi connectivity index (χ4v) is 3.35. The third-order valence-electron chi connectivity index (χ3n) is 3.16. The minimum atomic E-state index is 0. The number of fused-ring (bicyclic) bond motifs is 3. The second-order valence-corrected chi connectivity index (χ2v) is 4.95. The topological polar surface area (TPSA) is 8.81 Å². The zero-order valence-electron chi connectivity index (χ0n) is 9.49. The highest BCUT2D eigenvalue weighted by Crippen LogP contribution is 2.31. The summed E-state index contributed by atoms with van der Waals surface area (Å²) in [5.74, 6) is 1.29. The number of benzene rings is 1. The minimum absolute atomic E-state index is 0. The van der Waals surface area contributed by atoms with Crippen LogP contribution in [0.2, 0.25) is 0 Å². The highest BCUT2D eigenvalue weighted by molar-refractivity contribution is 7.25. The number of aromatic nitrogens is 2. The van der Waals surface area contributed by atoms with Gasteiger partial charge in [0.1, 0.15) is 0 Å². The first-order valence-electron chi connectivity index (χ1n) is 5.02. The Morgan fingerprint density at radius 1 is 1.25 bits per heavy atom. The van der Waals surface area contributed by atoms with Gasteiger partial charge in [-0.1, -0.05) is 23.5 Å². The molecule has 3 rings (SSSR count). The van der Waals surface area contributed by atoms with E-state index in [0.29, 0.717) is 0 Å². The van der Waals surface area contributed by atoms with Crippen LogP contribution in [0.3, 0.4) is 0 Å². The molecule has 1 aromatic carbocycles. The van der Waals surface area contributed by atoms with Gasteiger partial charge in [-0.3, -0.25) is 0 Å². The summed E-state index contributed by atoms with van der Waals surface area (Å²) in [5, 5.41) is 1.36. The van der Waals surface area contributed by atoms with Gasteiger partial charge in [0.05, 0.1) is 14.1 Å². The Balaban J connectivity index is 0.000000963. The molecule has 84 valence electrons. The maximum Gasteiger partial charge on any atom is 0.254 e. The Hall–Kier alpha value is -0.620. The van der Waals surface area contributed by atoms with Gasteiger partial charge in [0.2, 0.25) is 4.83 Å². The van der Waals surface area contributed by atoms with Crippen molar-refractivity contribution in [2.24, 2.45) is 14.1 Å². The molecule has 0 aliphatic carbocycles. The number of hydrogen-bond donors (Lipinski definition) is 0. The number of halogens is 1. The van der Waals surface area contributed by atoms with E-state index < -0.39 is 0 Å². The summed E-state index contributed by atoms with van der Waals surface area (Å²) in [7, 11) is 4.27. The van der Waals surface area contributed by atoms with E-state index in [-0.39, 0.29) is 24.0 Å². The van der Waals surface area contributed by atoms with Crippen LogP contribution in [0.1, 0.15) is 5.82 Å². The highest BCUT2D eigenvalue weighted by Gasteiger charge is 2.21. The van der Waals surface area contributed by atoms with Crippen LogP contribution in [-0.2, 0) is 14.1 Å². The predicted molar refractivity (Wildman–Crippen MR) is 64.2 cm³/mol. The van der Waals surface area contributed by atoms with Crippen molar-refractivity contribution < 1.29 is 28.5 Å². The minimum Gasteiger partial charge on any atom is -1.00 e. The van der Waals surface area contributed by atoms with Gasteiger partial charge in [-0.2, -0.15) is 0 Å². The van der Waals surface area contributed by atoms with Crippen LogP contribution < -0.4 is 28.5 Å². The molecule has 0 aliphatic rings. The van der Waals surface area contributed by atoms with Gasteiger partial charge >= 0.3 is 0 Å². The van der Waals surface area contributed by atoms with Crippen molar-refractivity contribution >= 4 is 31.8 Å². The van der Waals surface area contributed by atoms with Crippen molar-refractivity contribution in [1.29, 1.82) is 0 Å². The van der Waals surface area contributed by atoms with Crippen LogP contribution in [0.25, 0.3) is 20.4 Å². The smallest absolute Gasteiger partial charge is 0.254 e. The molecule has 2 heterocycles. The van der Waals surface area contributed by atoms with Crippen molar-refractivity contribution in [2.75, 3.05) is 0 Å². The first-order valence-corrected chi connectivity index (χ1v) is 5.84. The zero-order chi connectivity index (χ0) is 10.6.